The first-order valence-electron chi connectivity index (χ1n) is 9.67. The van der Waals surface area contributed by atoms with Crippen LogP contribution in [-0.4, -0.2) is 59.7 Å². The van der Waals surface area contributed by atoms with Crippen LogP contribution in [0.3, 0.4) is 0 Å². The van der Waals surface area contributed by atoms with Crippen LogP contribution < -0.4 is 5.56 Å². The predicted molar refractivity (Wildman–Crippen MR) is 120 cm³/mol. The van der Waals surface area contributed by atoms with Crippen molar-refractivity contribution < 1.29 is 5.11 Å². The van der Waals surface area contributed by atoms with Crippen LogP contribution >= 0.6 is 23.7 Å². The Morgan fingerprint density at radius 3 is 2.93 bits per heavy atom. The highest BCUT2D eigenvalue weighted by Gasteiger charge is 2.21. The van der Waals surface area contributed by atoms with E-state index in [1.807, 2.05) is 11.4 Å². The number of likely N-dealkylation sites (tertiary alicyclic amines) is 1. The second-order valence-corrected chi connectivity index (χ2v) is 8.68. The number of benzene rings is 1. The van der Waals surface area contributed by atoms with Gasteiger partial charge in [0.1, 0.15) is 10.4 Å². The fourth-order valence-electron chi connectivity index (χ4n) is 4.30. The summed E-state index contributed by atoms with van der Waals surface area (Å²) in [5.74, 6) is 0.326. The van der Waals surface area contributed by atoms with Crippen molar-refractivity contribution >= 4 is 44.7 Å². The zero-order valence-electron chi connectivity index (χ0n) is 16.4. The molecular weight excluding hydrogens is 394 g/mol. The van der Waals surface area contributed by atoms with Crippen LogP contribution in [0.2, 0.25) is 0 Å². The number of nitrogens with one attached hydrogen (secondary N) is 1. The summed E-state index contributed by atoms with van der Waals surface area (Å²) in [4.78, 5) is 20.1. The number of halogens is 1. The highest BCUT2D eigenvalue weighted by molar-refractivity contribution is 7.17. The summed E-state index contributed by atoms with van der Waals surface area (Å²) >= 11 is 1.45. The topological polar surface area (TPSA) is 59.6 Å². The number of piperidine rings is 1. The molecule has 7 heteroatoms. The maximum atomic E-state index is 12.2. The van der Waals surface area contributed by atoms with Gasteiger partial charge in [0.05, 0.1) is 0 Å². The molecule has 3 heterocycles. The third kappa shape index (κ3) is 4.06. The molecule has 4 rings (SSSR count). The number of phenolic OH excluding ortho intramolecular Hbond substituents is 1. The quantitative estimate of drug-likeness (QED) is 0.657. The molecule has 1 unspecified atom stereocenters. The minimum Gasteiger partial charge on any atom is -0.508 e. The number of aromatic hydroxyl groups is 1. The van der Waals surface area contributed by atoms with Crippen LogP contribution in [0.4, 0.5) is 0 Å². The van der Waals surface area contributed by atoms with Gasteiger partial charge in [0.15, 0.2) is 0 Å². The Hall–Kier alpha value is -1.60. The van der Waals surface area contributed by atoms with Gasteiger partial charge < -0.3 is 19.9 Å². The molecule has 1 aromatic carbocycles. The maximum absolute atomic E-state index is 12.2. The van der Waals surface area contributed by atoms with Crippen molar-refractivity contribution in [3.05, 3.63) is 39.5 Å². The molecule has 1 aliphatic heterocycles. The molecule has 0 amide bonds. The molecule has 5 nitrogen and oxygen atoms in total. The number of likely N-dealkylation sites (N-methyl/N-ethyl adjacent to an activating group) is 1. The Morgan fingerprint density at radius 1 is 1.32 bits per heavy atom. The Bertz CT molecular complexity index is 1010. The molecule has 3 aromatic rings. The van der Waals surface area contributed by atoms with Crippen LogP contribution in [0.25, 0.3) is 21.0 Å². The summed E-state index contributed by atoms with van der Waals surface area (Å²) in [6.07, 6.45) is 4.33. The van der Waals surface area contributed by atoms with Gasteiger partial charge in [-0.05, 0) is 76.4 Å². The van der Waals surface area contributed by atoms with Gasteiger partial charge in [-0.3, -0.25) is 4.79 Å². The summed E-state index contributed by atoms with van der Waals surface area (Å²) in [5, 5.41) is 14.4. The number of nitrogens with zero attached hydrogens (tertiary/aromatic N) is 2. The van der Waals surface area contributed by atoms with Crippen molar-refractivity contribution in [2.75, 3.05) is 33.7 Å². The first kappa shape index (κ1) is 21.1. The van der Waals surface area contributed by atoms with Crippen LogP contribution in [-0.2, 0) is 6.42 Å². The standard InChI is InChI=1S/C21H27N3O2S.ClH/c1-23(2)14-5-3-10-24(13-14)11-4-6-15-18(25)8-7-17-19(15)16-9-12-27-20(16)21(26)22-17;/h7-9,12,14,25H,3-6,10-11,13H2,1-2H3,(H,22,26);1H. The fourth-order valence-corrected chi connectivity index (χ4v) is 5.09. The fraction of sp³-hybridized carbons (Fsp3) is 0.476. The van der Waals surface area contributed by atoms with Gasteiger partial charge in [-0.1, -0.05) is 0 Å². The van der Waals surface area contributed by atoms with E-state index in [0.29, 0.717) is 11.8 Å². The monoisotopic (exact) mass is 421 g/mol. The van der Waals surface area contributed by atoms with Gasteiger partial charge in [0, 0.05) is 34.4 Å². The van der Waals surface area contributed by atoms with Crippen molar-refractivity contribution in [3.63, 3.8) is 0 Å². The lowest BCUT2D eigenvalue weighted by molar-refractivity contribution is 0.132. The molecular formula is C21H28ClN3O2S. The van der Waals surface area contributed by atoms with Gasteiger partial charge in [0.2, 0.25) is 0 Å². The molecule has 0 radical (unpaired) electrons. The van der Waals surface area contributed by atoms with Crippen LogP contribution in [0.5, 0.6) is 5.75 Å². The zero-order valence-corrected chi connectivity index (χ0v) is 18.0. The van der Waals surface area contributed by atoms with Gasteiger partial charge in [-0.15, -0.1) is 23.7 Å². The number of hydrogen-bond acceptors (Lipinski definition) is 5. The summed E-state index contributed by atoms with van der Waals surface area (Å²) in [5.41, 5.74) is 1.71. The summed E-state index contributed by atoms with van der Waals surface area (Å²) in [6, 6.07) is 6.14. The van der Waals surface area contributed by atoms with Crippen LogP contribution in [0.1, 0.15) is 24.8 Å². The second-order valence-electron chi connectivity index (χ2n) is 7.77. The van der Waals surface area contributed by atoms with E-state index in [1.165, 1.54) is 24.2 Å². The second kappa shape index (κ2) is 8.82. The van der Waals surface area contributed by atoms with Crippen molar-refractivity contribution in [2.24, 2.45) is 0 Å². The SMILES string of the molecule is CN(C)C1CCCN(CCCc2c(O)ccc3[nH]c(=O)c4sccc4c23)C1.Cl. The lowest BCUT2D eigenvalue weighted by Gasteiger charge is -2.36. The van der Waals surface area contributed by atoms with E-state index in [2.05, 4.69) is 28.9 Å². The Morgan fingerprint density at radius 2 is 2.14 bits per heavy atom. The number of aromatic nitrogens is 1. The van der Waals surface area contributed by atoms with E-state index in [1.54, 1.807) is 12.1 Å². The normalized spacial score (nSPS) is 18.0. The van der Waals surface area contributed by atoms with Gasteiger partial charge in [-0.2, -0.15) is 0 Å². The molecule has 1 aliphatic rings. The van der Waals surface area contributed by atoms with E-state index in [4.69, 9.17) is 0 Å². The van der Waals surface area contributed by atoms with Crippen molar-refractivity contribution in [3.8, 4) is 5.75 Å². The van der Waals surface area contributed by atoms with Crippen molar-refractivity contribution in [1.82, 2.24) is 14.8 Å². The van der Waals surface area contributed by atoms with E-state index >= 15 is 0 Å². The maximum Gasteiger partial charge on any atom is 0.266 e. The average molecular weight is 422 g/mol. The smallest absolute Gasteiger partial charge is 0.266 e. The van der Waals surface area contributed by atoms with Crippen LogP contribution in [0, 0.1) is 0 Å². The third-order valence-electron chi connectivity index (χ3n) is 5.79. The number of aryl methyl sites for hydroxylation is 1. The third-order valence-corrected chi connectivity index (χ3v) is 6.70. The highest BCUT2D eigenvalue weighted by Crippen LogP contribution is 2.33. The minimum atomic E-state index is -0.0489. The van der Waals surface area contributed by atoms with E-state index < -0.39 is 0 Å². The number of aromatic amines is 1. The minimum absolute atomic E-state index is 0. The number of hydrogen-bond donors (Lipinski definition) is 2. The summed E-state index contributed by atoms with van der Waals surface area (Å²) in [7, 11) is 4.32. The molecule has 0 bridgehead atoms. The van der Waals surface area contributed by atoms with E-state index in [0.717, 1.165) is 59.0 Å². The molecule has 0 saturated carbocycles. The number of phenols is 1. The molecule has 1 atom stereocenters. The number of H-pyrrole nitrogens is 1. The largest absolute Gasteiger partial charge is 0.508 e. The number of thiophene rings is 1. The number of pyridine rings is 1. The molecule has 0 aliphatic carbocycles. The first-order chi connectivity index (χ1) is 13.0. The summed E-state index contributed by atoms with van der Waals surface area (Å²) < 4.78 is 0.735. The number of fused-ring (bicyclic) bond motifs is 3. The highest BCUT2D eigenvalue weighted by atomic mass is 35.5. The molecule has 1 fully saturated rings. The summed E-state index contributed by atoms with van der Waals surface area (Å²) in [6.45, 7) is 3.32. The molecule has 152 valence electrons. The predicted octanol–water partition coefficient (Wildman–Crippen LogP) is 3.83. The Kier molecular flexibility index (Phi) is 6.65. The first-order valence-corrected chi connectivity index (χ1v) is 10.6. The zero-order chi connectivity index (χ0) is 19.0. The molecule has 2 aromatic heterocycles. The van der Waals surface area contributed by atoms with Crippen LogP contribution in [0.15, 0.2) is 28.4 Å². The van der Waals surface area contributed by atoms with Crippen molar-refractivity contribution in [1.29, 1.82) is 0 Å². The molecule has 1 saturated heterocycles. The molecule has 0 spiro atoms. The van der Waals surface area contributed by atoms with E-state index in [9.17, 15) is 9.90 Å². The van der Waals surface area contributed by atoms with Gasteiger partial charge in [-0.25, -0.2) is 0 Å². The lowest BCUT2D eigenvalue weighted by Crippen LogP contribution is -2.45. The number of rotatable bonds is 5. The lowest BCUT2D eigenvalue weighted by atomic mass is 9.99. The Labute approximate surface area is 175 Å². The Balaban J connectivity index is 0.00000225. The van der Waals surface area contributed by atoms with Crippen molar-refractivity contribution in [2.45, 2.75) is 31.7 Å². The van der Waals surface area contributed by atoms with E-state index in [-0.39, 0.29) is 18.0 Å². The molecule has 2 N–H and O–H groups in total. The average Bonchev–Trinajstić information content (AvgIpc) is 3.14. The molecule has 28 heavy (non-hydrogen) atoms. The van der Waals surface area contributed by atoms with Gasteiger partial charge >= 0.3 is 0 Å². The van der Waals surface area contributed by atoms with Gasteiger partial charge in [0.25, 0.3) is 5.56 Å².